The number of carbonyl (C=O) groups excluding carboxylic acids is 1. The van der Waals surface area contributed by atoms with Crippen molar-refractivity contribution in [3.8, 4) is 5.75 Å². The van der Waals surface area contributed by atoms with Crippen molar-refractivity contribution in [3.05, 3.63) is 52.3 Å². The van der Waals surface area contributed by atoms with E-state index in [4.69, 9.17) is 21.3 Å². The highest BCUT2D eigenvalue weighted by molar-refractivity contribution is 6.31. The molecule has 1 aromatic carbocycles. The molecule has 0 unspecified atom stereocenters. The molecule has 2 aliphatic heterocycles. The fourth-order valence-electron chi connectivity index (χ4n) is 3.89. The molecule has 0 amide bonds. The molecule has 1 saturated heterocycles. The van der Waals surface area contributed by atoms with E-state index in [-0.39, 0.29) is 18.8 Å². The Morgan fingerprint density at radius 1 is 1.27 bits per heavy atom. The number of ketones is 1. The zero-order valence-corrected chi connectivity index (χ0v) is 18.0. The number of nitrogens with zero attached hydrogens (tertiary/aromatic N) is 2. The van der Waals surface area contributed by atoms with Crippen LogP contribution in [0.2, 0.25) is 5.02 Å². The van der Waals surface area contributed by atoms with E-state index in [1.165, 1.54) is 12.8 Å². The SMILES string of the molecule is Cc1cc(OCC2=Nc3c(ccnc3CNCC3CCNCC3)C(=O)C2)ccc1Cl. The van der Waals surface area contributed by atoms with Gasteiger partial charge in [0, 0.05) is 23.3 Å². The van der Waals surface area contributed by atoms with Crippen molar-refractivity contribution in [3.63, 3.8) is 0 Å². The van der Waals surface area contributed by atoms with E-state index in [1.54, 1.807) is 12.3 Å². The van der Waals surface area contributed by atoms with Crippen molar-refractivity contribution < 1.29 is 9.53 Å². The molecular formula is C23H27ClN4O2. The highest BCUT2D eigenvalue weighted by Crippen LogP contribution is 2.29. The molecule has 0 radical (unpaired) electrons. The predicted octanol–water partition coefficient (Wildman–Crippen LogP) is 3.87. The van der Waals surface area contributed by atoms with Crippen LogP contribution in [0.5, 0.6) is 5.75 Å². The number of rotatable bonds is 7. The largest absolute Gasteiger partial charge is 0.488 e. The van der Waals surface area contributed by atoms with Crippen molar-refractivity contribution in [1.29, 1.82) is 0 Å². The Balaban J connectivity index is 1.43. The summed E-state index contributed by atoms with van der Waals surface area (Å²) in [4.78, 5) is 21.9. The van der Waals surface area contributed by atoms with Gasteiger partial charge in [0.1, 0.15) is 12.4 Å². The predicted molar refractivity (Wildman–Crippen MR) is 119 cm³/mol. The Bertz CT molecular complexity index is 954. The Labute approximate surface area is 182 Å². The van der Waals surface area contributed by atoms with Crippen LogP contribution in [0, 0.1) is 12.8 Å². The minimum Gasteiger partial charge on any atom is -0.488 e. The first-order chi connectivity index (χ1) is 14.6. The quantitative estimate of drug-likeness (QED) is 0.702. The van der Waals surface area contributed by atoms with E-state index < -0.39 is 0 Å². The number of aliphatic imine (C=N–C) groups is 1. The standard InChI is InChI=1S/C23H27ClN4O2/c1-15-10-18(2-3-20(15)24)30-14-17-11-22(29)19-6-9-27-21(23(19)28-17)13-26-12-16-4-7-25-8-5-16/h2-3,6,9-10,16,25-26H,4-5,7-8,11-14H2,1H3. The molecule has 1 aromatic heterocycles. The zero-order chi connectivity index (χ0) is 20.9. The number of piperidine rings is 1. The van der Waals surface area contributed by atoms with Gasteiger partial charge in [0.2, 0.25) is 0 Å². The first kappa shape index (κ1) is 21.0. The normalized spacial score (nSPS) is 16.9. The van der Waals surface area contributed by atoms with Crippen LogP contribution >= 0.6 is 11.6 Å². The molecule has 2 aliphatic rings. The van der Waals surface area contributed by atoms with Crippen LogP contribution < -0.4 is 15.4 Å². The summed E-state index contributed by atoms with van der Waals surface area (Å²) >= 11 is 6.07. The molecule has 1 fully saturated rings. The van der Waals surface area contributed by atoms with Gasteiger partial charge in [-0.1, -0.05) is 11.6 Å². The maximum Gasteiger partial charge on any atom is 0.170 e. The summed E-state index contributed by atoms with van der Waals surface area (Å²) < 4.78 is 5.86. The second-order valence-corrected chi connectivity index (χ2v) is 8.36. The molecule has 4 rings (SSSR count). The highest BCUT2D eigenvalue weighted by atomic mass is 35.5. The third-order valence-electron chi connectivity index (χ3n) is 5.65. The number of benzene rings is 1. The minimum atomic E-state index is 0.0629. The average Bonchev–Trinajstić information content (AvgIpc) is 2.76. The van der Waals surface area contributed by atoms with Crippen molar-refractivity contribution in [1.82, 2.24) is 15.6 Å². The third kappa shape index (κ3) is 5.06. The van der Waals surface area contributed by atoms with Crippen molar-refractivity contribution >= 4 is 28.8 Å². The van der Waals surface area contributed by atoms with E-state index in [2.05, 4.69) is 15.6 Å². The Kier molecular flexibility index (Phi) is 6.77. The van der Waals surface area contributed by atoms with Crippen LogP contribution in [0.25, 0.3) is 0 Å². The topological polar surface area (TPSA) is 75.6 Å². The van der Waals surface area contributed by atoms with Gasteiger partial charge in [0.15, 0.2) is 5.78 Å². The lowest BCUT2D eigenvalue weighted by Crippen LogP contribution is -2.33. The monoisotopic (exact) mass is 426 g/mol. The summed E-state index contributed by atoms with van der Waals surface area (Å²) in [7, 11) is 0. The molecule has 3 heterocycles. The van der Waals surface area contributed by atoms with Crippen LogP contribution in [0.15, 0.2) is 35.5 Å². The number of fused-ring (bicyclic) bond motifs is 1. The smallest absolute Gasteiger partial charge is 0.170 e. The summed E-state index contributed by atoms with van der Waals surface area (Å²) in [5, 5.41) is 7.60. The van der Waals surface area contributed by atoms with E-state index in [0.29, 0.717) is 40.2 Å². The molecular weight excluding hydrogens is 400 g/mol. The number of hydrogen-bond donors (Lipinski definition) is 2. The number of Topliss-reactive ketones (excluding diaryl/α,β-unsaturated/α-hetero) is 1. The molecule has 2 N–H and O–H groups in total. The van der Waals surface area contributed by atoms with Gasteiger partial charge in [-0.2, -0.15) is 0 Å². The van der Waals surface area contributed by atoms with E-state index in [9.17, 15) is 4.79 Å². The summed E-state index contributed by atoms with van der Waals surface area (Å²) in [5.41, 5.74) is 3.81. The van der Waals surface area contributed by atoms with Gasteiger partial charge >= 0.3 is 0 Å². The molecule has 2 aromatic rings. The fraction of sp³-hybridized carbons (Fsp3) is 0.435. The first-order valence-electron chi connectivity index (χ1n) is 10.5. The van der Waals surface area contributed by atoms with E-state index >= 15 is 0 Å². The van der Waals surface area contributed by atoms with Crippen LogP contribution in [0.1, 0.15) is 40.9 Å². The number of nitrogens with one attached hydrogen (secondary N) is 2. The molecule has 0 bridgehead atoms. The maximum atomic E-state index is 12.7. The number of halogens is 1. The van der Waals surface area contributed by atoms with Gasteiger partial charge in [-0.25, -0.2) is 0 Å². The summed E-state index contributed by atoms with van der Waals surface area (Å²) in [6.07, 6.45) is 4.35. The van der Waals surface area contributed by atoms with Gasteiger partial charge < -0.3 is 15.4 Å². The summed E-state index contributed by atoms with van der Waals surface area (Å²) in [6.45, 7) is 5.93. The molecule has 158 valence electrons. The number of pyridine rings is 1. The average molecular weight is 427 g/mol. The van der Waals surface area contributed by atoms with Crippen LogP contribution in [0.3, 0.4) is 0 Å². The van der Waals surface area contributed by atoms with Crippen molar-refractivity contribution in [2.24, 2.45) is 10.9 Å². The van der Waals surface area contributed by atoms with E-state index in [1.807, 2.05) is 25.1 Å². The molecule has 0 atom stereocenters. The lowest BCUT2D eigenvalue weighted by molar-refractivity contribution is 0.0998. The Hall–Kier alpha value is -2.28. The second kappa shape index (κ2) is 9.69. The number of hydrogen-bond acceptors (Lipinski definition) is 6. The van der Waals surface area contributed by atoms with E-state index in [0.717, 1.165) is 30.9 Å². The van der Waals surface area contributed by atoms with Gasteiger partial charge in [-0.05, 0) is 75.1 Å². The number of aryl methyl sites for hydroxylation is 1. The van der Waals surface area contributed by atoms with Gasteiger partial charge in [-0.3, -0.25) is 14.8 Å². The minimum absolute atomic E-state index is 0.0629. The number of ether oxygens (including phenoxy) is 1. The molecule has 0 aliphatic carbocycles. The molecule has 30 heavy (non-hydrogen) atoms. The first-order valence-corrected chi connectivity index (χ1v) is 10.9. The number of aromatic nitrogens is 1. The van der Waals surface area contributed by atoms with Crippen molar-refractivity contribution in [2.75, 3.05) is 26.2 Å². The Morgan fingerprint density at radius 2 is 2.10 bits per heavy atom. The lowest BCUT2D eigenvalue weighted by Gasteiger charge is -2.23. The molecule has 0 spiro atoms. The van der Waals surface area contributed by atoms with Crippen LogP contribution in [0.4, 0.5) is 5.69 Å². The maximum absolute atomic E-state index is 12.7. The van der Waals surface area contributed by atoms with Crippen molar-refractivity contribution in [2.45, 2.75) is 32.7 Å². The van der Waals surface area contributed by atoms with Gasteiger partial charge in [0.25, 0.3) is 0 Å². The summed E-state index contributed by atoms with van der Waals surface area (Å²) in [5.74, 6) is 1.46. The lowest BCUT2D eigenvalue weighted by atomic mass is 9.98. The van der Waals surface area contributed by atoms with Crippen LogP contribution in [-0.2, 0) is 6.54 Å². The zero-order valence-electron chi connectivity index (χ0n) is 17.2. The molecule has 0 saturated carbocycles. The van der Waals surface area contributed by atoms with Gasteiger partial charge in [-0.15, -0.1) is 0 Å². The molecule has 7 heteroatoms. The molecule has 6 nitrogen and oxygen atoms in total. The highest BCUT2D eigenvalue weighted by Gasteiger charge is 2.23. The van der Waals surface area contributed by atoms with Crippen LogP contribution in [-0.4, -0.2) is 42.7 Å². The third-order valence-corrected chi connectivity index (χ3v) is 6.08. The van der Waals surface area contributed by atoms with Gasteiger partial charge in [0.05, 0.1) is 23.5 Å². The second-order valence-electron chi connectivity index (χ2n) is 7.96. The Morgan fingerprint density at radius 3 is 2.90 bits per heavy atom. The summed E-state index contributed by atoms with van der Waals surface area (Å²) in [6, 6.07) is 7.29. The number of carbonyl (C=O) groups is 1. The fourth-order valence-corrected chi connectivity index (χ4v) is 4.01.